The molecule has 2 rings (SSSR count). The molecule has 0 bridgehead atoms. The van der Waals surface area contributed by atoms with Crippen molar-refractivity contribution < 1.29 is 4.39 Å². The van der Waals surface area contributed by atoms with E-state index in [1.54, 1.807) is 18.2 Å². The van der Waals surface area contributed by atoms with Gasteiger partial charge in [0.2, 0.25) is 0 Å². The standard InChI is InChI=1S/C13H10BrFN4/c1-2-12-18-11(14)6-13(19-12)17-9-3-4-10(15)8(5-9)7-16/h3-6H,2H2,1H3,(H,17,18,19). The van der Waals surface area contributed by atoms with Crippen LogP contribution in [0.5, 0.6) is 0 Å². The Morgan fingerprint density at radius 2 is 2.16 bits per heavy atom. The van der Waals surface area contributed by atoms with Crippen LogP contribution < -0.4 is 5.32 Å². The van der Waals surface area contributed by atoms with Gasteiger partial charge in [-0.05, 0) is 34.1 Å². The number of nitrogens with one attached hydrogen (secondary N) is 1. The predicted molar refractivity (Wildman–Crippen MR) is 73.5 cm³/mol. The Bertz CT molecular complexity index is 652. The molecule has 1 aromatic carbocycles. The lowest BCUT2D eigenvalue weighted by atomic mass is 10.2. The number of benzene rings is 1. The molecule has 0 unspecified atom stereocenters. The summed E-state index contributed by atoms with van der Waals surface area (Å²) >= 11 is 3.30. The van der Waals surface area contributed by atoms with Gasteiger partial charge in [-0.3, -0.25) is 0 Å². The van der Waals surface area contributed by atoms with Gasteiger partial charge in [-0.2, -0.15) is 5.26 Å². The molecule has 2 aromatic rings. The summed E-state index contributed by atoms with van der Waals surface area (Å²) in [5, 5.41) is 11.8. The van der Waals surface area contributed by atoms with Crippen molar-refractivity contribution in [2.45, 2.75) is 13.3 Å². The van der Waals surface area contributed by atoms with E-state index in [0.29, 0.717) is 28.4 Å². The molecule has 1 aromatic heterocycles. The lowest BCUT2D eigenvalue weighted by Gasteiger charge is -2.08. The Balaban J connectivity index is 2.31. The van der Waals surface area contributed by atoms with Gasteiger partial charge in [-0.1, -0.05) is 6.92 Å². The molecule has 96 valence electrons. The first-order valence-electron chi connectivity index (χ1n) is 5.62. The van der Waals surface area contributed by atoms with Crippen molar-refractivity contribution in [2.24, 2.45) is 0 Å². The molecule has 0 spiro atoms. The molecule has 0 saturated heterocycles. The lowest BCUT2D eigenvalue weighted by molar-refractivity contribution is 0.624. The highest BCUT2D eigenvalue weighted by molar-refractivity contribution is 9.10. The molecule has 6 heteroatoms. The Hall–Kier alpha value is -2.00. The van der Waals surface area contributed by atoms with Crippen molar-refractivity contribution in [1.82, 2.24) is 9.97 Å². The van der Waals surface area contributed by atoms with Gasteiger partial charge in [0.05, 0.1) is 5.56 Å². The third kappa shape index (κ3) is 3.26. The number of aromatic nitrogens is 2. The summed E-state index contributed by atoms with van der Waals surface area (Å²) in [6.45, 7) is 1.96. The van der Waals surface area contributed by atoms with Crippen molar-refractivity contribution in [1.29, 1.82) is 5.26 Å². The number of nitriles is 1. The van der Waals surface area contributed by atoms with E-state index < -0.39 is 5.82 Å². The molecule has 0 aliphatic heterocycles. The van der Waals surface area contributed by atoms with Crippen LogP contribution in [0.1, 0.15) is 18.3 Å². The van der Waals surface area contributed by atoms with E-state index in [4.69, 9.17) is 5.26 Å². The van der Waals surface area contributed by atoms with Gasteiger partial charge < -0.3 is 5.32 Å². The van der Waals surface area contributed by atoms with Gasteiger partial charge >= 0.3 is 0 Å². The maximum atomic E-state index is 13.2. The molecule has 0 aliphatic rings. The minimum atomic E-state index is -0.536. The van der Waals surface area contributed by atoms with Gasteiger partial charge in [0.15, 0.2) is 0 Å². The molecule has 0 radical (unpaired) electrons. The van der Waals surface area contributed by atoms with Crippen LogP contribution in [-0.2, 0) is 6.42 Å². The zero-order valence-electron chi connectivity index (χ0n) is 10.1. The van der Waals surface area contributed by atoms with Crippen LogP contribution in [0.25, 0.3) is 0 Å². The van der Waals surface area contributed by atoms with E-state index in [2.05, 4.69) is 31.2 Å². The smallest absolute Gasteiger partial charge is 0.141 e. The van der Waals surface area contributed by atoms with E-state index in [9.17, 15) is 4.39 Å². The number of nitrogens with zero attached hydrogens (tertiary/aromatic N) is 3. The predicted octanol–water partition coefficient (Wildman–Crippen LogP) is 3.56. The van der Waals surface area contributed by atoms with E-state index in [-0.39, 0.29) is 5.56 Å². The van der Waals surface area contributed by atoms with Crippen molar-refractivity contribution in [2.75, 3.05) is 5.32 Å². The lowest BCUT2D eigenvalue weighted by Crippen LogP contribution is -2.00. The Morgan fingerprint density at radius 3 is 2.84 bits per heavy atom. The van der Waals surface area contributed by atoms with Crippen LogP contribution in [0, 0.1) is 17.1 Å². The van der Waals surface area contributed by atoms with Crippen molar-refractivity contribution >= 4 is 27.4 Å². The monoisotopic (exact) mass is 320 g/mol. The molecule has 4 nitrogen and oxygen atoms in total. The topological polar surface area (TPSA) is 61.6 Å². The number of rotatable bonds is 3. The maximum absolute atomic E-state index is 13.2. The molecule has 1 N–H and O–H groups in total. The Kier molecular flexibility index (Phi) is 4.07. The number of anilines is 2. The first-order valence-corrected chi connectivity index (χ1v) is 6.42. The molecule has 1 heterocycles. The summed E-state index contributed by atoms with van der Waals surface area (Å²) in [4.78, 5) is 8.49. The molecule has 0 fully saturated rings. The molecule has 0 amide bonds. The quantitative estimate of drug-likeness (QED) is 0.878. The minimum absolute atomic E-state index is 0.00571. The second kappa shape index (κ2) is 5.76. The number of halogens is 2. The van der Waals surface area contributed by atoms with Crippen LogP contribution >= 0.6 is 15.9 Å². The average Bonchev–Trinajstić information content (AvgIpc) is 2.40. The van der Waals surface area contributed by atoms with E-state index in [1.165, 1.54) is 12.1 Å². The van der Waals surface area contributed by atoms with Crippen LogP contribution in [-0.4, -0.2) is 9.97 Å². The summed E-state index contributed by atoms with van der Waals surface area (Å²) in [6, 6.07) is 7.76. The average molecular weight is 321 g/mol. The fourth-order valence-corrected chi connectivity index (χ4v) is 1.94. The zero-order valence-corrected chi connectivity index (χ0v) is 11.7. The molecular formula is C13H10BrFN4. The van der Waals surface area contributed by atoms with Crippen LogP contribution in [0.4, 0.5) is 15.9 Å². The number of hydrogen-bond donors (Lipinski definition) is 1. The highest BCUT2D eigenvalue weighted by Crippen LogP contribution is 2.20. The summed E-state index contributed by atoms with van der Waals surface area (Å²) < 4.78 is 13.9. The third-order valence-electron chi connectivity index (χ3n) is 2.42. The highest BCUT2D eigenvalue weighted by Gasteiger charge is 2.05. The first-order chi connectivity index (χ1) is 9.12. The van der Waals surface area contributed by atoms with Gasteiger partial charge in [0, 0.05) is 18.2 Å². The fourth-order valence-electron chi connectivity index (χ4n) is 1.52. The summed E-state index contributed by atoms with van der Waals surface area (Å²) in [5.41, 5.74) is 0.597. The zero-order chi connectivity index (χ0) is 13.8. The minimum Gasteiger partial charge on any atom is -0.340 e. The summed E-state index contributed by atoms with van der Waals surface area (Å²) in [5.74, 6) is 0.750. The highest BCUT2D eigenvalue weighted by atomic mass is 79.9. The first kappa shape index (κ1) is 13.4. The second-order valence-electron chi connectivity index (χ2n) is 3.78. The Labute approximate surface area is 118 Å². The van der Waals surface area contributed by atoms with Crippen LogP contribution in [0.15, 0.2) is 28.9 Å². The SMILES string of the molecule is CCc1nc(Br)cc(Nc2ccc(F)c(C#N)c2)n1. The molecular weight excluding hydrogens is 311 g/mol. The number of hydrogen-bond acceptors (Lipinski definition) is 4. The van der Waals surface area contributed by atoms with E-state index >= 15 is 0 Å². The number of aryl methyl sites for hydroxylation is 1. The Morgan fingerprint density at radius 1 is 1.37 bits per heavy atom. The largest absolute Gasteiger partial charge is 0.340 e. The molecule has 0 aliphatic carbocycles. The normalized spacial score (nSPS) is 10.0. The van der Waals surface area contributed by atoms with Crippen molar-refractivity contribution in [3.8, 4) is 6.07 Å². The fraction of sp³-hybridized carbons (Fsp3) is 0.154. The molecule has 0 saturated carbocycles. The van der Waals surface area contributed by atoms with E-state index in [1.807, 2.05) is 6.92 Å². The van der Waals surface area contributed by atoms with Crippen molar-refractivity contribution in [3.63, 3.8) is 0 Å². The van der Waals surface area contributed by atoms with Gasteiger partial charge in [-0.25, -0.2) is 14.4 Å². The van der Waals surface area contributed by atoms with Gasteiger partial charge in [-0.15, -0.1) is 0 Å². The second-order valence-corrected chi connectivity index (χ2v) is 4.59. The van der Waals surface area contributed by atoms with Crippen LogP contribution in [0.2, 0.25) is 0 Å². The van der Waals surface area contributed by atoms with Crippen molar-refractivity contribution in [3.05, 3.63) is 46.1 Å². The molecule has 0 atom stereocenters. The van der Waals surface area contributed by atoms with E-state index in [0.717, 1.165) is 0 Å². The summed E-state index contributed by atoms with van der Waals surface area (Å²) in [7, 11) is 0. The summed E-state index contributed by atoms with van der Waals surface area (Å²) in [6.07, 6.45) is 0.709. The maximum Gasteiger partial charge on any atom is 0.141 e. The molecule has 19 heavy (non-hydrogen) atoms. The van der Waals surface area contributed by atoms with Gasteiger partial charge in [0.25, 0.3) is 0 Å². The third-order valence-corrected chi connectivity index (χ3v) is 2.82. The van der Waals surface area contributed by atoms with Gasteiger partial charge in [0.1, 0.15) is 28.1 Å². The van der Waals surface area contributed by atoms with Crippen LogP contribution in [0.3, 0.4) is 0 Å².